The molecule has 1 aromatic carbocycles. The van der Waals surface area contributed by atoms with Crippen LogP contribution in [0.5, 0.6) is 0 Å². The summed E-state index contributed by atoms with van der Waals surface area (Å²) in [6.07, 6.45) is -9.10. The highest BCUT2D eigenvalue weighted by molar-refractivity contribution is 5.35. The fraction of sp³-hybridized carbons (Fsp3) is 0.478. The molecule has 0 amide bonds. The molecule has 1 aliphatic heterocycles. The van der Waals surface area contributed by atoms with Gasteiger partial charge >= 0.3 is 18.0 Å². The number of benzene rings is 1. The number of morpholine rings is 1. The number of H-pyrrole nitrogens is 2. The molecular weight excluding hydrogens is 513 g/mol. The van der Waals surface area contributed by atoms with Gasteiger partial charge in [0.15, 0.2) is 6.29 Å². The van der Waals surface area contributed by atoms with Crippen LogP contribution in [0.4, 0.5) is 30.7 Å². The second kappa shape index (κ2) is 10.4. The SMILES string of the molecule is CC(OC1OCCN(Cc2n[nH]c(=O)[nH]2)C1C1=CC=C(F)CC1)c1cc(C(F)(F)F)cc(C(F)(F)F)c1. The van der Waals surface area contributed by atoms with Gasteiger partial charge in [-0.3, -0.25) is 9.88 Å². The normalized spacial score (nSPS) is 22.5. The third-order valence-electron chi connectivity index (χ3n) is 6.14. The Balaban J connectivity index is 1.65. The Morgan fingerprint density at radius 3 is 2.32 bits per heavy atom. The van der Waals surface area contributed by atoms with Crippen molar-refractivity contribution in [2.75, 3.05) is 13.2 Å². The Morgan fingerprint density at radius 2 is 1.78 bits per heavy atom. The third kappa shape index (κ3) is 6.48. The zero-order chi connectivity index (χ0) is 27.0. The summed E-state index contributed by atoms with van der Waals surface area (Å²) in [4.78, 5) is 15.8. The van der Waals surface area contributed by atoms with E-state index in [1.54, 1.807) is 6.08 Å². The van der Waals surface area contributed by atoms with E-state index in [1.807, 2.05) is 4.90 Å². The molecule has 14 heteroatoms. The van der Waals surface area contributed by atoms with Crippen molar-refractivity contribution >= 4 is 0 Å². The molecule has 0 bridgehead atoms. The van der Waals surface area contributed by atoms with Crippen LogP contribution in [0, 0.1) is 0 Å². The molecule has 0 saturated carbocycles. The number of rotatable bonds is 6. The van der Waals surface area contributed by atoms with Crippen molar-refractivity contribution in [1.29, 1.82) is 0 Å². The van der Waals surface area contributed by atoms with Gasteiger partial charge in [0.2, 0.25) is 0 Å². The number of ether oxygens (including phenoxy) is 2. The molecule has 0 radical (unpaired) electrons. The van der Waals surface area contributed by atoms with Gasteiger partial charge in [0, 0.05) is 13.0 Å². The summed E-state index contributed by atoms with van der Waals surface area (Å²) in [5.41, 5.74) is -3.06. The van der Waals surface area contributed by atoms with Crippen LogP contribution in [-0.2, 0) is 28.4 Å². The minimum absolute atomic E-state index is 0.0518. The second-order valence-electron chi connectivity index (χ2n) is 8.75. The van der Waals surface area contributed by atoms with Crippen LogP contribution in [-0.4, -0.2) is 45.6 Å². The van der Waals surface area contributed by atoms with Crippen LogP contribution in [0.2, 0.25) is 0 Å². The van der Waals surface area contributed by atoms with E-state index < -0.39 is 47.6 Å². The molecule has 2 aromatic rings. The number of nitrogens with zero attached hydrogens (tertiary/aromatic N) is 2. The van der Waals surface area contributed by atoms with Gasteiger partial charge in [-0.15, -0.1) is 0 Å². The molecule has 1 fully saturated rings. The van der Waals surface area contributed by atoms with Gasteiger partial charge < -0.3 is 9.47 Å². The van der Waals surface area contributed by atoms with Crippen LogP contribution in [0.3, 0.4) is 0 Å². The number of hydrogen-bond acceptors (Lipinski definition) is 5. The van der Waals surface area contributed by atoms with E-state index >= 15 is 0 Å². The van der Waals surface area contributed by atoms with Crippen LogP contribution in [0.15, 0.2) is 46.5 Å². The average molecular weight is 536 g/mol. The Kier molecular flexibility index (Phi) is 7.62. The van der Waals surface area contributed by atoms with Crippen LogP contribution in [0.25, 0.3) is 0 Å². The quantitative estimate of drug-likeness (QED) is 0.507. The number of halogens is 7. The van der Waals surface area contributed by atoms with E-state index in [1.165, 1.54) is 13.0 Å². The highest BCUT2D eigenvalue weighted by atomic mass is 19.4. The first-order valence-electron chi connectivity index (χ1n) is 11.3. The zero-order valence-electron chi connectivity index (χ0n) is 19.4. The summed E-state index contributed by atoms with van der Waals surface area (Å²) in [7, 11) is 0. The third-order valence-corrected chi connectivity index (χ3v) is 6.14. The summed E-state index contributed by atoms with van der Waals surface area (Å²) in [5, 5.41) is 6.13. The number of hydrogen-bond donors (Lipinski definition) is 2. The van der Waals surface area contributed by atoms with Crippen molar-refractivity contribution in [2.45, 2.75) is 57.1 Å². The topological polar surface area (TPSA) is 83.2 Å². The molecule has 1 saturated heterocycles. The van der Waals surface area contributed by atoms with Crippen LogP contribution < -0.4 is 5.69 Å². The van der Waals surface area contributed by atoms with Crippen molar-refractivity contribution in [3.05, 3.63) is 74.8 Å². The fourth-order valence-electron chi connectivity index (χ4n) is 4.33. The molecule has 1 aliphatic carbocycles. The van der Waals surface area contributed by atoms with E-state index in [-0.39, 0.29) is 37.0 Å². The summed E-state index contributed by atoms with van der Waals surface area (Å²) < 4.78 is 105. The molecule has 202 valence electrons. The lowest BCUT2D eigenvalue weighted by Gasteiger charge is -2.43. The lowest BCUT2D eigenvalue weighted by Crippen LogP contribution is -2.53. The van der Waals surface area contributed by atoms with E-state index in [4.69, 9.17) is 9.47 Å². The monoisotopic (exact) mass is 536 g/mol. The van der Waals surface area contributed by atoms with Crippen molar-refractivity contribution in [3.63, 3.8) is 0 Å². The van der Waals surface area contributed by atoms with Gasteiger partial charge in [-0.05, 0) is 48.8 Å². The maximum Gasteiger partial charge on any atom is 0.416 e. The van der Waals surface area contributed by atoms with E-state index in [2.05, 4.69) is 15.2 Å². The van der Waals surface area contributed by atoms with E-state index in [0.29, 0.717) is 36.5 Å². The maximum absolute atomic E-state index is 13.7. The molecule has 3 unspecified atom stereocenters. The van der Waals surface area contributed by atoms with Crippen molar-refractivity contribution in [3.8, 4) is 0 Å². The fourth-order valence-corrected chi connectivity index (χ4v) is 4.33. The first-order chi connectivity index (χ1) is 17.3. The Morgan fingerprint density at radius 1 is 1.11 bits per heavy atom. The van der Waals surface area contributed by atoms with Crippen LogP contribution >= 0.6 is 0 Å². The molecule has 2 N–H and O–H groups in total. The van der Waals surface area contributed by atoms with Gasteiger partial charge in [-0.25, -0.2) is 14.3 Å². The van der Waals surface area contributed by atoms with E-state index in [0.717, 1.165) is 0 Å². The molecule has 2 heterocycles. The molecule has 1 aromatic heterocycles. The Hall–Kier alpha value is -2.97. The minimum Gasteiger partial charge on any atom is -0.349 e. The van der Waals surface area contributed by atoms with Gasteiger partial charge in [0.1, 0.15) is 11.7 Å². The molecule has 0 spiro atoms. The van der Waals surface area contributed by atoms with Gasteiger partial charge in [0.05, 0.1) is 36.4 Å². The molecule has 4 rings (SSSR count). The maximum atomic E-state index is 13.7. The lowest BCUT2D eigenvalue weighted by atomic mass is 9.94. The Bertz CT molecular complexity index is 1200. The van der Waals surface area contributed by atoms with Crippen molar-refractivity contribution in [1.82, 2.24) is 20.1 Å². The number of alkyl halides is 6. The summed E-state index contributed by atoms with van der Waals surface area (Å²) in [5.74, 6) is -0.0346. The smallest absolute Gasteiger partial charge is 0.349 e. The highest BCUT2D eigenvalue weighted by Gasteiger charge is 2.40. The van der Waals surface area contributed by atoms with Gasteiger partial charge in [0.25, 0.3) is 0 Å². The van der Waals surface area contributed by atoms with E-state index in [9.17, 15) is 35.5 Å². The number of allylic oxidation sites excluding steroid dienone is 3. The molecule has 3 atom stereocenters. The standard InChI is InChI=1S/C23H23F7N4O3/c1-12(14-8-15(22(25,26)27)10-16(9-14)23(28,29)30)37-20-19(13-2-4-17(24)5-3-13)34(6-7-36-20)11-18-31-21(35)33-32-18/h2,4,8-10,12,19-20H,3,5-7,11H2,1H3,(H2,31,32,33,35). The average Bonchev–Trinajstić information content (AvgIpc) is 3.23. The predicted molar refractivity (Wildman–Crippen MR) is 116 cm³/mol. The largest absolute Gasteiger partial charge is 0.416 e. The summed E-state index contributed by atoms with van der Waals surface area (Å²) in [6.45, 7) is 1.93. The molecule has 37 heavy (non-hydrogen) atoms. The first kappa shape index (κ1) is 27.1. The summed E-state index contributed by atoms with van der Waals surface area (Å²) in [6, 6.07) is 0.605. The number of aromatic nitrogens is 3. The highest BCUT2D eigenvalue weighted by Crippen LogP contribution is 2.39. The molecule has 7 nitrogen and oxygen atoms in total. The Labute approximate surface area is 205 Å². The minimum atomic E-state index is -5.00. The zero-order valence-corrected chi connectivity index (χ0v) is 19.4. The van der Waals surface area contributed by atoms with Crippen molar-refractivity contribution < 1.29 is 40.2 Å². The predicted octanol–water partition coefficient (Wildman–Crippen LogP) is 5.01. The molecule has 2 aliphatic rings. The van der Waals surface area contributed by atoms with Crippen molar-refractivity contribution in [2.24, 2.45) is 0 Å². The first-order valence-corrected chi connectivity index (χ1v) is 11.3. The second-order valence-corrected chi connectivity index (χ2v) is 8.75. The van der Waals surface area contributed by atoms with Gasteiger partial charge in [-0.2, -0.15) is 31.4 Å². The number of aromatic amines is 2. The van der Waals surface area contributed by atoms with Crippen LogP contribution in [0.1, 0.15) is 48.4 Å². The number of nitrogens with one attached hydrogen (secondary N) is 2. The summed E-state index contributed by atoms with van der Waals surface area (Å²) >= 11 is 0. The molecular formula is C23H23F7N4O3. The van der Waals surface area contributed by atoms with Gasteiger partial charge in [-0.1, -0.05) is 6.08 Å². The lowest BCUT2D eigenvalue weighted by molar-refractivity contribution is -0.222.